The topological polar surface area (TPSA) is 79.9 Å². The summed E-state index contributed by atoms with van der Waals surface area (Å²) in [6.45, 7) is 3.18. The van der Waals surface area contributed by atoms with Gasteiger partial charge in [0.05, 0.1) is 18.2 Å². The van der Waals surface area contributed by atoms with Gasteiger partial charge in [-0.15, -0.1) is 0 Å². The molecule has 5 nitrogen and oxygen atoms in total. The highest BCUT2D eigenvalue weighted by Gasteiger charge is 2.74. The number of hydrogen-bond acceptors (Lipinski definition) is 4. The molecule has 2 heterocycles. The zero-order valence-electron chi connectivity index (χ0n) is 14.9. The van der Waals surface area contributed by atoms with Crippen LogP contribution in [0, 0.1) is 39.9 Å². The maximum Gasteiger partial charge on any atom is 0.241 e. The first-order chi connectivity index (χ1) is 12.7. The molecule has 0 unspecified atom stereocenters. The fraction of sp³-hybridized carbons (Fsp3) is 0.476. The Morgan fingerprint density at radius 1 is 1.31 bits per heavy atom. The number of nitrogens with zero attached hydrogens (tertiary/aromatic N) is 3. The van der Waals surface area contributed by atoms with Gasteiger partial charge in [0, 0.05) is 19.0 Å². The molecule has 4 rings (SSSR count). The van der Waals surface area contributed by atoms with Crippen LogP contribution in [-0.2, 0) is 4.79 Å². The summed E-state index contributed by atoms with van der Waals surface area (Å²) in [7, 11) is 0. The lowest BCUT2D eigenvalue weighted by atomic mass is 9.61. The molecule has 1 aromatic carbocycles. The van der Waals surface area contributed by atoms with Gasteiger partial charge in [0.2, 0.25) is 5.91 Å². The lowest BCUT2D eigenvalue weighted by Gasteiger charge is -2.42. The van der Waals surface area contributed by atoms with Crippen LogP contribution in [0.4, 0.5) is 0 Å². The summed E-state index contributed by atoms with van der Waals surface area (Å²) in [6.07, 6.45) is 5.75. The molecule has 4 atom stereocenters. The molecule has 2 aliphatic heterocycles. The predicted octanol–water partition coefficient (Wildman–Crippen LogP) is 2.55. The van der Waals surface area contributed by atoms with Gasteiger partial charge in [-0.3, -0.25) is 9.69 Å². The van der Waals surface area contributed by atoms with Crippen LogP contribution in [0.15, 0.2) is 42.5 Å². The third-order valence-electron chi connectivity index (χ3n) is 6.46. The molecule has 5 heteroatoms. The largest absolute Gasteiger partial charge is 0.355 e. The van der Waals surface area contributed by atoms with E-state index in [-0.39, 0.29) is 11.8 Å². The number of benzene rings is 1. The van der Waals surface area contributed by atoms with Gasteiger partial charge in [0.1, 0.15) is 5.54 Å². The normalized spacial score (nSPS) is 33.9. The number of nitriles is 2. The molecule has 1 aliphatic carbocycles. The summed E-state index contributed by atoms with van der Waals surface area (Å²) in [5.74, 6) is -0.327. The third kappa shape index (κ3) is 1.84. The second kappa shape index (κ2) is 5.97. The van der Waals surface area contributed by atoms with Crippen molar-refractivity contribution in [2.75, 3.05) is 13.1 Å². The first kappa shape index (κ1) is 16.8. The third-order valence-corrected chi connectivity index (χ3v) is 6.46. The molecule has 2 saturated heterocycles. The van der Waals surface area contributed by atoms with Crippen molar-refractivity contribution in [1.82, 2.24) is 10.2 Å². The minimum Gasteiger partial charge on any atom is -0.355 e. The van der Waals surface area contributed by atoms with Crippen LogP contribution in [0.2, 0.25) is 0 Å². The van der Waals surface area contributed by atoms with Gasteiger partial charge in [0.15, 0.2) is 5.41 Å². The number of carbonyl (C=O) groups excluding carboxylic acids is 1. The van der Waals surface area contributed by atoms with Crippen LogP contribution in [0.25, 0.3) is 0 Å². The Kier molecular flexibility index (Phi) is 3.86. The van der Waals surface area contributed by atoms with Gasteiger partial charge < -0.3 is 5.32 Å². The first-order valence-electron chi connectivity index (χ1n) is 9.26. The zero-order chi connectivity index (χ0) is 18.4. The lowest BCUT2D eigenvalue weighted by molar-refractivity contribution is -0.135. The van der Waals surface area contributed by atoms with Crippen LogP contribution in [0.3, 0.4) is 0 Å². The monoisotopic (exact) mass is 346 g/mol. The minimum atomic E-state index is -1.28. The predicted molar refractivity (Wildman–Crippen MR) is 96.3 cm³/mol. The molecule has 3 aliphatic rings. The SMILES string of the molecule is CCNC(=O)[C@]12[C@@H]3CC=C[C@H]1C(C#N)(C#N)[C@H](c1ccccc1)N2CC3. The van der Waals surface area contributed by atoms with Crippen molar-refractivity contribution in [1.29, 1.82) is 10.5 Å². The average molecular weight is 346 g/mol. The number of hydrogen-bond donors (Lipinski definition) is 1. The van der Waals surface area contributed by atoms with Crippen molar-refractivity contribution in [3.8, 4) is 12.1 Å². The summed E-state index contributed by atoms with van der Waals surface area (Å²) in [5.41, 5.74) is -1.15. The molecule has 1 N–H and O–H groups in total. The number of nitrogens with one attached hydrogen (secondary N) is 1. The number of allylic oxidation sites excluding steroid dienone is 1. The average Bonchev–Trinajstić information content (AvgIpc) is 3.19. The van der Waals surface area contributed by atoms with Crippen molar-refractivity contribution >= 4 is 5.91 Å². The van der Waals surface area contributed by atoms with E-state index in [1.807, 2.05) is 43.3 Å². The van der Waals surface area contributed by atoms with E-state index in [1.165, 1.54) is 0 Å². The number of likely N-dealkylation sites (N-methyl/N-ethyl adjacent to an activating group) is 1. The molecule has 2 fully saturated rings. The summed E-state index contributed by atoms with van der Waals surface area (Å²) < 4.78 is 0. The van der Waals surface area contributed by atoms with Gasteiger partial charge in [-0.05, 0) is 31.2 Å². The lowest BCUT2D eigenvalue weighted by Crippen LogP contribution is -2.60. The van der Waals surface area contributed by atoms with Crippen molar-refractivity contribution in [2.45, 2.75) is 31.3 Å². The fourth-order valence-electron chi connectivity index (χ4n) is 5.57. The van der Waals surface area contributed by atoms with E-state index in [9.17, 15) is 15.3 Å². The van der Waals surface area contributed by atoms with Crippen molar-refractivity contribution < 1.29 is 4.79 Å². The van der Waals surface area contributed by atoms with Crippen LogP contribution in [0.1, 0.15) is 31.4 Å². The van der Waals surface area contributed by atoms with Crippen molar-refractivity contribution in [2.24, 2.45) is 17.3 Å². The van der Waals surface area contributed by atoms with Gasteiger partial charge >= 0.3 is 0 Å². The minimum absolute atomic E-state index is 0.0369. The summed E-state index contributed by atoms with van der Waals surface area (Å²) in [5, 5.41) is 23.4. The van der Waals surface area contributed by atoms with Gasteiger partial charge in [-0.2, -0.15) is 10.5 Å². The highest BCUT2D eigenvalue weighted by molar-refractivity contribution is 5.89. The molecule has 0 radical (unpaired) electrons. The molecule has 0 saturated carbocycles. The van der Waals surface area contributed by atoms with Crippen LogP contribution in [0.5, 0.6) is 0 Å². The van der Waals surface area contributed by atoms with Crippen LogP contribution >= 0.6 is 0 Å². The Labute approximate surface area is 153 Å². The molecule has 0 bridgehead atoms. The molecule has 1 aromatic rings. The van der Waals surface area contributed by atoms with E-state index in [2.05, 4.69) is 28.4 Å². The van der Waals surface area contributed by atoms with E-state index >= 15 is 0 Å². The number of carbonyl (C=O) groups is 1. The van der Waals surface area contributed by atoms with E-state index in [1.54, 1.807) is 0 Å². The van der Waals surface area contributed by atoms with E-state index in [0.717, 1.165) is 24.9 Å². The van der Waals surface area contributed by atoms with E-state index in [0.29, 0.717) is 6.54 Å². The summed E-state index contributed by atoms with van der Waals surface area (Å²) in [4.78, 5) is 15.5. The fourth-order valence-corrected chi connectivity index (χ4v) is 5.57. The Bertz CT molecular complexity index is 820. The summed E-state index contributed by atoms with van der Waals surface area (Å²) >= 11 is 0. The van der Waals surface area contributed by atoms with Gasteiger partial charge in [-0.25, -0.2) is 0 Å². The highest BCUT2D eigenvalue weighted by Crippen LogP contribution is 2.65. The number of rotatable bonds is 3. The van der Waals surface area contributed by atoms with Gasteiger partial charge in [-0.1, -0.05) is 42.5 Å². The Balaban J connectivity index is 1.98. The highest BCUT2D eigenvalue weighted by atomic mass is 16.2. The van der Waals surface area contributed by atoms with Crippen molar-refractivity contribution in [3.05, 3.63) is 48.0 Å². The quantitative estimate of drug-likeness (QED) is 0.853. The summed E-state index contributed by atoms with van der Waals surface area (Å²) in [6, 6.07) is 14.0. The van der Waals surface area contributed by atoms with E-state index < -0.39 is 22.9 Å². The number of amides is 1. The van der Waals surface area contributed by atoms with Gasteiger partial charge in [0.25, 0.3) is 0 Å². The molecular formula is C21H22N4O. The smallest absolute Gasteiger partial charge is 0.241 e. The molecule has 132 valence electrons. The first-order valence-corrected chi connectivity index (χ1v) is 9.26. The molecule has 26 heavy (non-hydrogen) atoms. The van der Waals surface area contributed by atoms with Crippen molar-refractivity contribution in [3.63, 3.8) is 0 Å². The second-order valence-electron chi connectivity index (χ2n) is 7.41. The second-order valence-corrected chi connectivity index (χ2v) is 7.41. The standard InChI is InChI=1S/C21H22N4O/c1-2-24-19(26)21-16-9-6-10-17(21)20(13-22,14-23)18(25(21)12-11-16)15-7-4-3-5-8-15/h3-8,10,16-18H,2,9,11-12H2,1H3,(H,24,26)/t16-,17+,18+,21+/m1/s1. The van der Waals surface area contributed by atoms with Crippen LogP contribution < -0.4 is 5.32 Å². The molecule has 1 amide bonds. The Morgan fingerprint density at radius 2 is 2.04 bits per heavy atom. The molecule has 0 aromatic heterocycles. The maximum atomic E-state index is 13.4. The molecular weight excluding hydrogens is 324 g/mol. The maximum absolute atomic E-state index is 13.4. The Morgan fingerprint density at radius 3 is 2.69 bits per heavy atom. The Hall–Kier alpha value is -2.63. The van der Waals surface area contributed by atoms with E-state index in [4.69, 9.17) is 0 Å². The zero-order valence-corrected chi connectivity index (χ0v) is 14.9. The molecule has 0 spiro atoms. The van der Waals surface area contributed by atoms with Crippen LogP contribution in [-0.4, -0.2) is 29.4 Å².